The molecular formula is C9H18N2O2. The Labute approximate surface area is 79.1 Å². The minimum atomic E-state index is -0.140. The van der Waals surface area contributed by atoms with Crippen molar-refractivity contribution in [3.63, 3.8) is 0 Å². The molecule has 0 radical (unpaired) electrons. The molecule has 4 nitrogen and oxygen atoms in total. The Hall–Kier alpha value is -0.610. The van der Waals surface area contributed by atoms with Crippen LogP contribution < -0.4 is 0 Å². The lowest BCUT2D eigenvalue weighted by atomic mass is 10.1. The van der Waals surface area contributed by atoms with Crippen molar-refractivity contribution >= 4 is 5.91 Å². The zero-order valence-electron chi connectivity index (χ0n) is 8.53. The van der Waals surface area contributed by atoms with Gasteiger partial charge in [-0.2, -0.15) is 0 Å². The fraction of sp³-hybridized carbons (Fsp3) is 0.889. The maximum Gasteiger partial charge on any atom is 0.239 e. The van der Waals surface area contributed by atoms with Crippen molar-refractivity contribution in [2.45, 2.75) is 25.4 Å². The monoisotopic (exact) mass is 186 g/mol. The van der Waals surface area contributed by atoms with Crippen LogP contribution in [0.5, 0.6) is 0 Å². The molecule has 1 heterocycles. The van der Waals surface area contributed by atoms with Crippen molar-refractivity contribution in [1.82, 2.24) is 9.80 Å². The number of hydrogen-bond donors (Lipinski definition) is 1. The number of nitrogens with zero attached hydrogens (tertiary/aromatic N) is 2. The fourth-order valence-corrected chi connectivity index (χ4v) is 1.80. The molecule has 4 heteroatoms. The molecule has 1 rings (SSSR count). The summed E-state index contributed by atoms with van der Waals surface area (Å²) in [5, 5.41) is 8.83. The predicted octanol–water partition coefficient (Wildman–Crippen LogP) is -0.470. The normalized spacial score (nSPS) is 31.1. The van der Waals surface area contributed by atoms with Gasteiger partial charge in [-0.3, -0.25) is 9.69 Å². The lowest BCUT2D eigenvalue weighted by molar-refractivity contribution is -0.142. The minimum Gasteiger partial charge on any atom is -0.396 e. The Bertz CT molecular complexity index is 196. The second kappa shape index (κ2) is 4.07. The molecule has 0 aromatic heterocycles. The van der Waals surface area contributed by atoms with Crippen LogP contribution >= 0.6 is 0 Å². The molecule has 13 heavy (non-hydrogen) atoms. The van der Waals surface area contributed by atoms with Crippen molar-refractivity contribution in [1.29, 1.82) is 0 Å². The summed E-state index contributed by atoms with van der Waals surface area (Å²) < 4.78 is 0. The standard InChI is InChI=1S/C9H18N2O2/c1-7-6-10(2)9(13)8(4-5-12)11(7)3/h7-8,12H,4-6H2,1-3H3. The Kier molecular flexibility index (Phi) is 3.27. The molecule has 0 bridgehead atoms. The molecule has 1 saturated heterocycles. The van der Waals surface area contributed by atoms with E-state index in [2.05, 4.69) is 6.92 Å². The first-order valence-electron chi connectivity index (χ1n) is 4.65. The second-order valence-electron chi connectivity index (χ2n) is 3.76. The third-order valence-electron chi connectivity index (χ3n) is 2.79. The van der Waals surface area contributed by atoms with Gasteiger partial charge in [-0.25, -0.2) is 0 Å². The van der Waals surface area contributed by atoms with E-state index >= 15 is 0 Å². The van der Waals surface area contributed by atoms with E-state index in [1.165, 1.54) is 0 Å². The number of aliphatic hydroxyl groups excluding tert-OH is 1. The summed E-state index contributed by atoms with van der Waals surface area (Å²) in [6.07, 6.45) is 0.532. The van der Waals surface area contributed by atoms with Crippen LogP contribution in [0.1, 0.15) is 13.3 Å². The molecule has 0 aromatic rings. The third-order valence-corrected chi connectivity index (χ3v) is 2.79. The zero-order valence-corrected chi connectivity index (χ0v) is 8.53. The maximum absolute atomic E-state index is 11.6. The van der Waals surface area contributed by atoms with Crippen LogP contribution in [0.2, 0.25) is 0 Å². The average molecular weight is 186 g/mol. The third kappa shape index (κ3) is 2.00. The van der Waals surface area contributed by atoms with Crippen molar-refractivity contribution in [2.24, 2.45) is 0 Å². The SMILES string of the molecule is CC1CN(C)C(=O)C(CCO)N1C. The smallest absolute Gasteiger partial charge is 0.239 e. The van der Waals surface area contributed by atoms with Crippen LogP contribution in [0.15, 0.2) is 0 Å². The summed E-state index contributed by atoms with van der Waals surface area (Å²) in [7, 11) is 3.76. The molecule has 2 unspecified atom stereocenters. The Balaban J connectivity index is 2.70. The molecule has 1 aliphatic rings. The van der Waals surface area contributed by atoms with Crippen LogP contribution in [-0.2, 0) is 4.79 Å². The number of carbonyl (C=O) groups is 1. The first-order chi connectivity index (χ1) is 6.07. The predicted molar refractivity (Wildman–Crippen MR) is 50.4 cm³/mol. The fourth-order valence-electron chi connectivity index (χ4n) is 1.80. The summed E-state index contributed by atoms with van der Waals surface area (Å²) in [4.78, 5) is 15.4. The molecule has 76 valence electrons. The zero-order chi connectivity index (χ0) is 10.0. The number of piperazine rings is 1. The van der Waals surface area contributed by atoms with Gasteiger partial charge in [-0.05, 0) is 20.4 Å². The van der Waals surface area contributed by atoms with Gasteiger partial charge in [0.05, 0.1) is 6.04 Å². The van der Waals surface area contributed by atoms with Gasteiger partial charge in [0.25, 0.3) is 0 Å². The van der Waals surface area contributed by atoms with Gasteiger partial charge in [0, 0.05) is 26.2 Å². The van der Waals surface area contributed by atoms with Crippen molar-refractivity contribution in [3.05, 3.63) is 0 Å². The summed E-state index contributed by atoms with van der Waals surface area (Å²) in [5.74, 6) is 0.120. The Morgan fingerprint density at radius 3 is 2.69 bits per heavy atom. The number of carbonyl (C=O) groups excluding carboxylic acids is 1. The highest BCUT2D eigenvalue weighted by Crippen LogP contribution is 2.15. The number of aliphatic hydroxyl groups is 1. The minimum absolute atomic E-state index is 0.0707. The molecule has 0 aromatic carbocycles. The van der Waals surface area contributed by atoms with Gasteiger partial charge >= 0.3 is 0 Å². The highest BCUT2D eigenvalue weighted by molar-refractivity contribution is 5.82. The molecular weight excluding hydrogens is 168 g/mol. The van der Waals surface area contributed by atoms with Gasteiger partial charge in [0.15, 0.2) is 0 Å². The van der Waals surface area contributed by atoms with Gasteiger partial charge in [0.2, 0.25) is 5.91 Å². The van der Waals surface area contributed by atoms with Crippen LogP contribution in [-0.4, -0.2) is 60.1 Å². The molecule has 1 aliphatic heterocycles. The number of rotatable bonds is 2. The molecule has 1 N–H and O–H groups in total. The van der Waals surface area contributed by atoms with E-state index in [1.807, 2.05) is 19.0 Å². The largest absolute Gasteiger partial charge is 0.396 e. The first kappa shape index (κ1) is 10.5. The molecule has 0 saturated carbocycles. The topological polar surface area (TPSA) is 43.8 Å². The van der Waals surface area contributed by atoms with Crippen LogP contribution in [0, 0.1) is 0 Å². The molecule has 1 amide bonds. The summed E-state index contributed by atoms with van der Waals surface area (Å²) in [6.45, 7) is 2.94. The lowest BCUT2D eigenvalue weighted by Crippen LogP contribution is -2.58. The second-order valence-corrected chi connectivity index (χ2v) is 3.76. The summed E-state index contributed by atoms with van der Waals surface area (Å²) in [5.41, 5.74) is 0. The van der Waals surface area contributed by atoms with Crippen molar-refractivity contribution < 1.29 is 9.90 Å². The molecule has 0 spiro atoms. The summed E-state index contributed by atoms with van der Waals surface area (Å²) in [6, 6.07) is 0.234. The number of hydrogen-bond acceptors (Lipinski definition) is 3. The summed E-state index contributed by atoms with van der Waals surface area (Å²) >= 11 is 0. The van der Waals surface area contributed by atoms with Gasteiger partial charge in [0.1, 0.15) is 0 Å². The van der Waals surface area contributed by atoms with Crippen LogP contribution in [0.4, 0.5) is 0 Å². The van der Waals surface area contributed by atoms with Gasteiger partial charge < -0.3 is 10.0 Å². The van der Waals surface area contributed by atoms with E-state index in [0.717, 1.165) is 6.54 Å². The molecule has 2 atom stereocenters. The van der Waals surface area contributed by atoms with E-state index < -0.39 is 0 Å². The van der Waals surface area contributed by atoms with Crippen LogP contribution in [0.3, 0.4) is 0 Å². The van der Waals surface area contributed by atoms with E-state index in [0.29, 0.717) is 12.5 Å². The van der Waals surface area contributed by atoms with E-state index in [-0.39, 0.29) is 18.6 Å². The first-order valence-corrected chi connectivity index (χ1v) is 4.65. The Morgan fingerprint density at radius 1 is 1.54 bits per heavy atom. The van der Waals surface area contributed by atoms with E-state index in [4.69, 9.17) is 5.11 Å². The highest BCUT2D eigenvalue weighted by atomic mass is 16.3. The van der Waals surface area contributed by atoms with Gasteiger partial charge in [-0.15, -0.1) is 0 Å². The van der Waals surface area contributed by atoms with E-state index in [9.17, 15) is 4.79 Å². The molecule has 0 aliphatic carbocycles. The Morgan fingerprint density at radius 2 is 2.15 bits per heavy atom. The van der Waals surface area contributed by atoms with Gasteiger partial charge in [-0.1, -0.05) is 0 Å². The maximum atomic E-state index is 11.6. The number of likely N-dealkylation sites (N-methyl/N-ethyl adjacent to an activating group) is 2. The van der Waals surface area contributed by atoms with E-state index in [1.54, 1.807) is 4.90 Å². The average Bonchev–Trinajstić information content (AvgIpc) is 2.09. The quantitative estimate of drug-likeness (QED) is 0.634. The lowest BCUT2D eigenvalue weighted by Gasteiger charge is -2.41. The van der Waals surface area contributed by atoms with Crippen molar-refractivity contribution in [3.8, 4) is 0 Å². The highest BCUT2D eigenvalue weighted by Gasteiger charge is 2.33. The van der Waals surface area contributed by atoms with Crippen molar-refractivity contribution in [2.75, 3.05) is 27.2 Å². The van der Waals surface area contributed by atoms with Crippen LogP contribution in [0.25, 0.3) is 0 Å². The number of amides is 1. The molecule has 1 fully saturated rings.